The number of nitrogens with zero attached hydrogens (tertiary/aromatic N) is 2. The maximum atomic E-state index is 11.6. The summed E-state index contributed by atoms with van der Waals surface area (Å²) in [5, 5.41) is 10.4. The Bertz CT molecular complexity index is 772. The second-order valence-corrected chi connectivity index (χ2v) is 4.87. The van der Waals surface area contributed by atoms with E-state index >= 15 is 0 Å². The minimum Gasteiger partial charge on any atom is -0.481 e. The summed E-state index contributed by atoms with van der Waals surface area (Å²) in [4.78, 5) is 20.2. The van der Waals surface area contributed by atoms with Crippen molar-refractivity contribution in [3.05, 3.63) is 72.2 Å². The van der Waals surface area contributed by atoms with E-state index in [9.17, 15) is 9.90 Å². The molecule has 1 aromatic heterocycles. The lowest BCUT2D eigenvalue weighted by atomic mass is 9.98. The molecule has 0 spiro atoms. The summed E-state index contributed by atoms with van der Waals surface area (Å²) in [6.07, 6.45) is 2.06. The first-order valence-corrected chi connectivity index (χ1v) is 6.72. The van der Waals surface area contributed by atoms with Gasteiger partial charge in [-0.1, -0.05) is 48.5 Å². The Morgan fingerprint density at radius 1 is 1.05 bits per heavy atom. The molecule has 1 N–H and O–H groups in total. The fraction of sp³-hybridized carbons (Fsp3) is 0.118. The van der Waals surface area contributed by atoms with E-state index in [1.807, 2.05) is 54.6 Å². The summed E-state index contributed by atoms with van der Waals surface area (Å²) < 4.78 is 0. The van der Waals surface area contributed by atoms with Crippen molar-refractivity contribution < 1.29 is 9.90 Å². The first-order chi connectivity index (χ1) is 10.2. The van der Waals surface area contributed by atoms with Gasteiger partial charge in [-0.05, 0) is 18.1 Å². The van der Waals surface area contributed by atoms with Crippen LogP contribution in [0.25, 0.3) is 10.9 Å². The highest BCUT2D eigenvalue weighted by Crippen LogP contribution is 2.20. The molecule has 0 fully saturated rings. The van der Waals surface area contributed by atoms with Crippen LogP contribution in [0.2, 0.25) is 0 Å². The standard InChI is InChI=1S/C17H14N2O2/c20-17(21)14(10-12-6-2-1-3-7-12)16-18-11-13-8-4-5-9-15(13)19-16/h1-9,11,14H,10H2,(H,20,21). The van der Waals surface area contributed by atoms with Gasteiger partial charge >= 0.3 is 5.97 Å². The van der Waals surface area contributed by atoms with E-state index in [2.05, 4.69) is 9.97 Å². The predicted molar refractivity (Wildman–Crippen MR) is 80.1 cm³/mol. The zero-order valence-electron chi connectivity index (χ0n) is 11.3. The van der Waals surface area contributed by atoms with Crippen LogP contribution < -0.4 is 0 Å². The number of fused-ring (bicyclic) bond motifs is 1. The molecule has 21 heavy (non-hydrogen) atoms. The van der Waals surface area contributed by atoms with E-state index in [0.29, 0.717) is 12.2 Å². The normalized spacial score (nSPS) is 12.2. The number of carboxylic acid groups (broad SMARTS) is 1. The largest absolute Gasteiger partial charge is 0.481 e. The average Bonchev–Trinajstić information content (AvgIpc) is 2.53. The Morgan fingerprint density at radius 3 is 2.52 bits per heavy atom. The van der Waals surface area contributed by atoms with Gasteiger partial charge in [-0.25, -0.2) is 9.97 Å². The minimum absolute atomic E-state index is 0.352. The molecule has 0 aliphatic rings. The molecule has 1 unspecified atom stereocenters. The Labute approximate surface area is 122 Å². The highest BCUT2D eigenvalue weighted by atomic mass is 16.4. The van der Waals surface area contributed by atoms with Gasteiger partial charge in [0.15, 0.2) is 0 Å². The van der Waals surface area contributed by atoms with Crippen molar-refractivity contribution in [3.63, 3.8) is 0 Å². The highest BCUT2D eigenvalue weighted by Gasteiger charge is 2.23. The summed E-state index contributed by atoms with van der Waals surface area (Å²) in [5.74, 6) is -1.30. The summed E-state index contributed by atoms with van der Waals surface area (Å²) in [7, 11) is 0. The van der Waals surface area contributed by atoms with Crippen molar-refractivity contribution in [2.75, 3.05) is 0 Å². The van der Waals surface area contributed by atoms with Crippen molar-refractivity contribution in [2.24, 2.45) is 0 Å². The maximum Gasteiger partial charge on any atom is 0.314 e. The molecule has 0 radical (unpaired) electrons. The van der Waals surface area contributed by atoms with E-state index < -0.39 is 11.9 Å². The number of rotatable bonds is 4. The lowest BCUT2D eigenvalue weighted by Crippen LogP contribution is -2.17. The maximum absolute atomic E-state index is 11.6. The van der Waals surface area contributed by atoms with Crippen molar-refractivity contribution in [1.29, 1.82) is 0 Å². The molecular weight excluding hydrogens is 264 g/mol. The molecule has 0 saturated carbocycles. The van der Waals surface area contributed by atoms with Crippen molar-refractivity contribution in [1.82, 2.24) is 9.97 Å². The predicted octanol–water partition coefficient (Wildman–Crippen LogP) is 3.04. The number of aliphatic carboxylic acids is 1. The van der Waals surface area contributed by atoms with E-state index in [1.165, 1.54) is 0 Å². The summed E-state index contributed by atoms with van der Waals surface area (Å²) in [5.41, 5.74) is 1.73. The number of hydrogen-bond donors (Lipinski definition) is 1. The molecule has 1 atom stereocenters. The van der Waals surface area contributed by atoms with Gasteiger partial charge in [0.1, 0.15) is 11.7 Å². The number of carboxylic acids is 1. The summed E-state index contributed by atoms with van der Waals surface area (Å²) in [6.45, 7) is 0. The number of carbonyl (C=O) groups is 1. The third-order valence-electron chi connectivity index (χ3n) is 3.40. The van der Waals surface area contributed by atoms with Crippen LogP contribution in [0.1, 0.15) is 17.3 Å². The Balaban J connectivity index is 1.97. The molecule has 0 saturated heterocycles. The van der Waals surface area contributed by atoms with E-state index in [0.717, 1.165) is 16.5 Å². The molecule has 3 rings (SSSR count). The Hall–Kier alpha value is -2.75. The van der Waals surface area contributed by atoms with Gasteiger partial charge in [0.05, 0.1) is 5.52 Å². The van der Waals surface area contributed by atoms with Gasteiger partial charge in [0.25, 0.3) is 0 Å². The van der Waals surface area contributed by atoms with Crippen molar-refractivity contribution in [3.8, 4) is 0 Å². The molecule has 104 valence electrons. The minimum atomic E-state index is -0.908. The quantitative estimate of drug-likeness (QED) is 0.796. The van der Waals surface area contributed by atoms with Crippen LogP contribution >= 0.6 is 0 Å². The second kappa shape index (κ2) is 5.71. The molecule has 4 heteroatoms. The van der Waals surface area contributed by atoms with Crippen LogP contribution in [-0.2, 0) is 11.2 Å². The van der Waals surface area contributed by atoms with E-state index in [-0.39, 0.29) is 0 Å². The molecule has 0 aliphatic carbocycles. The molecule has 0 aliphatic heterocycles. The Morgan fingerprint density at radius 2 is 1.76 bits per heavy atom. The van der Waals surface area contributed by atoms with Gasteiger partial charge in [-0.15, -0.1) is 0 Å². The van der Waals surface area contributed by atoms with Gasteiger partial charge in [0.2, 0.25) is 0 Å². The van der Waals surface area contributed by atoms with Gasteiger partial charge in [-0.2, -0.15) is 0 Å². The Kier molecular flexibility index (Phi) is 3.60. The zero-order chi connectivity index (χ0) is 14.7. The summed E-state index contributed by atoms with van der Waals surface area (Å²) >= 11 is 0. The molecule has 4 nitrogen and oxygen atoms in total. The summed E-state index contributed by atoms with van der Waals surface area (Å²) in [6, 6.07) is 17.1. The third kappa shape index (κ3) is 2.89. The van der Waals surface area contributed by atoms with Gasteiger partial charge in [0, 0.05) is 11.6 Å². The van der Waals surface area contributed by atoms with E-state index in [4.69, 9.17) is 0 Å². The second-order valence-electron chi connectivity index (χ2n) is 4.87. The van der Waals surface area contributed by atoms with Crippen LogP contribution in [0, 0.1) is 0 Å². The van der Waals surface area contributed by atoms with Crippen LogP contribution in [-0.4, -0.2) is 21.0 Å². The van der Waals surface area contributed by atoms with Crippen LogP contribution in [0.3, 0.4) is 0 Å². The molecule has 2 aromatic carbocycles. The highest BCUT2D eigenvalue weighted by molar-refractivity contribution is 5.79. The smallest absolute Gasteiger partial charge is 0.314 e. The SMILES string of the molecule is O=C(O)C(Cc1ccccc1)c1ncc2ccccc2n1. The van der Waals surface area contributed by atoms with Gasteiger partial charge in [-0.3, -0.25) is 4.79 Å². The number of benzene rings is 2. The number of para-hydroxylation sites is 1. The molecule has 1 heterocycles. The lowest BCUT2D eigenvalue weighted by molar-refractivity contribution is -0.138. The monoisotopic (exact) mass is 278 g/mol. The van der Waals surface area contributed by atoms with Crippen LogP contribution in [0.4, 0.5) is 0 Å². The van der Waals surface area contributed by atoms with E-state index in [1.54, 1.807) is 6.20 Å². The van der Waals surface area contributed by atoms with Gasteiger partial charge < -0.3 is 5.11 Å². The van der Waals surface area contributed by atoms with Crippen LogP contribution in [0.5, 0.6) is 0 Å². The number of aromatic nitrogens is 2. The molecular formula is C17H14N2O2. The lowest BCUT2D eigenvalue weighted by Gasteiger charge is -2.11. The van der Waals surface area contributed by atoms with Crippen molar-refractivity contribution >= 4 is 16.9 Å². The first-order valence-electron chi connectivity index (χ1n) is 6.72. The molecule has 0 bridgehead atoms. The first kappa shape index (κ1) is 13.2. The number of hydrogen-bond acceptors (Lipinski definition) is 3. The molecule has 3 aromatic rings. The van der Waals surface area contributed by atoms with Crippen LogP contribution in [0.15, 0.2) is 60.8 Å². The fourth-order valence-corrected chi connectivity index (χ4v) is 2.29. The topological polar surface area (TPSA) is 63.1 Å². The van der Waals surface area contributed by atoms with Crippen molar-refractivity contribution in [2.45, 2.75) is 12.3 Å². The third-order valence-corrected chi connectivity index (χ3v) is 3.40. The fourth-order valence-electron chi connectivity index (χ4n) is 2.29. The average molecular weight is 278 g/mol. The zero-order valence-corrected chi connectivity index (χ0v) is 11.3. The molecule has 0 amide bonds.